The SMILES string of the molecule is COc1ccc(C#C/C(Cl)=C/[C@H]2[C@@H](C(=O)OCCCC/C=C(\F)Cl)C2(C)C)cc1. The summed E-state index contributed by atoms with van der Waals surface area (Å²) in [6, 6.07) is 7.38. The minimum absolute atomic E-state index is 0.0130. The lowest BCUT2D eigenvalue weighted by Gasteiger charge is -2.05. The van der Waals surface area contributed by atoms with Crippen LogP contribution in [-0.2, 0) is 9.53 Å². The third-order valence-corrected chi connectivity index (χ3v) is 5.42. The van der Waals surface area contributed by atoms with Gasteiger partial charge in [0.05, 0.1) is 24.7 Å². The topological polar surface area (TPSA) is 35.5 Å². The molecule has 6 heteroatoms. The third-order valence-electron chi connectivity index (χ3n) is 5.05. The number of ether oxygens (including phenoxy) is 2. The molecule has 1 fully saturated rings. The van der Waals surface area contributed by atoms with Crippen LogP contribution in [0.15, 0.2) is 46.7 Å². The standard InChI is InChI=1S/C23H25Cl2FO3/c1-23(2)19(21(23)22(27)29-14-6-4-5-7-20(25)26)15-17(24)11-8-16-9-12-18(28-3)13-10-16/h7,9-10,12-13,15,19,21H,4-6,14H2,1-3H3/b17-15-,20-7-/t19-,21-/m0/s1. The van der Waals surface area contributed by atoms with Crippen molar-refractivity contribution in [1.29, 1.82) is 0 Å². The molecule has 0 aliphatic heterocycles. The molecule has 2 rings (SSSR count). The number of allylic oxidation sites excluding steroid dienone is 3. The van der Waals surface area contributed by atoms with Crippen LogP contribution in [0.25, 0.3) is 0 Å². The monoisotopic (exact) mass is 438 g/mol. The van der Waals surface area contributed by atoms with E-state index in [1.54, 1.807) is 7.11 Å². The molecule has 2 atom stereocenters. The first-order valence-electron chi connectivity index (χ1n) is 9.47. The molecular weight excluding hydrogens is 414 g/mol. The summed E-state index contributed by atoms with van der Waals surface area (Å²) in [5, 5.41) is -0.299. The molecule has 1 aliphatic rings. The number of benzene rings is 1. The highest BCUT2D eigenvalue weighted by Crippen LogP contribution is 2.60. The van der Waals surface area contributed by atoms with Crippen molar-refractivity contribution >= 4 is 29.2 Å². The minimum Gasteiger partial charge on any atom is -0.497 e. The van der Waals surface area contributed by atoms with Gasteiger partial charge in [-0.25, -0.2) is 0 Å². The van der Waals surface area contributed by atoms with Gasteiger partial charge in [0.1, 0.15) is 5.75 Å². The molecule has 1 aromatic carbocycles. The maximum absolute atomic E-state index is 12.4. The van der Waals surface area contributed by atoms with Gasteiger partial charge in [0, 0.05) is 5.56 Å². The van der Waals surface area contributed by atoms with Gasteiger partial charge in [0.2, 0.25) is 0 Å². The highest BCUT2D eigenvalue weighted by molar-refractivity contribution is 6.32. The van der Waals surface area contributed by atoms with Crippen LogP contribution in [0, 0.1) is 29.1 Å². The zero-order valence-corrected chi connectivity index (χ0v) is 18.3. The normalized spacial score (nSPS) is 20.5. The van der Waals surface area contributed by atoms with Gasteiger partial charge in [-0.2, -0.15) is 4.39 Å². The van der Waals surface area contributed by atoms with Crippen molar-refractivity contribution in [3.05, 3.63) is 52.3 Å². The third kappa shape index (κ3) is 7.10. The molecule has 0 N–H and O–H groups in total. The highest BCUT2D eigenvalue weighted by Gasteiger charge is 2.61. The second-order valence-electron chi connectivity index (χ2n) is 7.47. The molecule has 1 aliphatic carbocycles. The van der Waals surface area contributed by atoms with Crippen molar-refractivity contribution in [2.75, 3.05) is 13.7 Å². The van der Waals surface area contributed by atoms with Crippen LogP contribution in [0.2, 0.25) is 0 Å². The van der Waals surface area contributed by atoms with Gasteiger partial charge in [-0.05, 0) is 66.9 Å². The Labute approximate surface area is 181 Å². The van der Waals surface area contributed by atoms with Crippen LogP contribution < -0.4 is 4.74 Å². The lowest BCUT2D eigenvalue weighted by molar-refractivity contribution is -0.146. The number of carbonyl (C=O) groups is 1. The van der Waals surface area contributed by atoms with Crippen molar-refractivity contribution in [1.82, 2.24) is 0 Å². The first kappa shape index (κ1) is 23.3. The van der Waals surface area contributed by atoms with Gasteiger partial charge in [0.15, 0.2) is 5.29 Å². The quantitative estimate of drug-likeness (QED) is 0.275. The smallest absolute Gasteiger partial charge is 0.310 e. The fraction of sp³-hybridized carbons (Fsp3) is 0.435. The molecule has 29 heavy (non-hydrogen) atoms. The number of methoxy groups -OCH3 is 1. The van der Waals surface area contributed by atoms with E-state index in [2.05, 4.69) is 11.8 Å². The van der Waals surface area contributed by atoms with Crippen LogP contribution >= 0.6 is 23.2 Å². The van der Waals surface area contributed by atoms with Crippen molar-refractivity contribution in [2.24, 2.45) is 17.3 Å². The largest absolute Gasteiger partial charge is 0.497 e. The fourth-order valence-electron chi connectivity index (χ4n) is 3.16. The lowest BCUT2D eigenvalue weighted by Crippen LogP contribution is -2.11. The number of hydrogen-bond acceptors (Lipinski definition) is 3. The molecule has 3 nitrogen and oxygen atoms in total. The molecule has 0 heterocycles. The second kappa shape index (κ2) is 10.7. The van der Waals surface area contributed by atoms with Gasteiger partial charge in [-0.1, -0.05) is 49.0 Å². The molecule has 156 valence electrons. The highest BCUT2D eigenvalue weighted by atomic mass is 35.5. The molecule has 0 unspecified atom stereocenters. The summed E-state index contributed by atoms with van der Waals surface area (Å²) in [6.07, 6.45) is 5.03. The summed E-state index contributed by atoms with van der Waals surface area (Å²) >= 11 is 11.4. The minimum atomic E-state index is -0.705. The van der Waals surface area contributed by atoms with Crippen molar-refractivity contribution in [3.63, 3.8) is 0 Å². The summed E-state index contributed by atoms with van der Waals surface area (Å²) in [6.45, 7) is 4.33. The average molecular weight is 439 g/mol. The average Bonchev–Trinajstić information content (AvgIpc) is 3.22. The van der Waals surface area contributed by atoms with E-state index >= 15 is 0 Å². The maximum atomic E-state index is 12.4. The molecular formula is C23H25Cl2FO3. The predicted molar refractivity (Wildman–Crippen MR) is 114 cm³/mol. The van der Waals surface area contributed by atoms with E-state index in [1.807, 2.05) is 44.2 Å². The van der Waals surface area contributed by atoms with Gasteiger partial charge in [-0.3, -0.25) is 4.79 Å². The molecule has 0 bridgehead atoms. The number of esters is 1. The van der Waals surface area contributed by atoms with Gasteiger partial charge in [-0.15, -0.1) is 0 Å². The van der Waals surface area contributed by atoms with E-state index < -0.39 is 5.29 Å². The van der Waals surface area contributed by atoms with E-state index in [-0.39, 0.29) is 23.2 Å². The van der Waals surface area contributed by atoms with Crippen LogP contribution in [0.4, 0.5) is 4.39 Å². The van der Waals surface area contributed by atoms with Crippen molar-refractivity contribution in [2.45, 2.75) is 33.1 Å². The Hall–Kier alpha value is -1.96. The van der Waals surface area contributed by atoms with Crippen LogP contribution in [0.3, 0.4) is 0 Å². The molecule has 0 radical (unpaired) electrons. The Morgan fingerprint density at radius 2 is 1.93 bits per heavy atom. The lowest BCUT2D eigenvalue weighted by atomic mass is 10.1. The van der Waals surface area contributed by atoms with Crippen molar-refractivity contribution in [3.8, 4) is 17.6 Å². The van der Waals surface area contributed by atoms with Crippen LogP contribution in [-0.4, -0.2) is 19.7 Å². The zero-order chi connectivity index (χ0) is 21.4. The first-order valence-corrected chi connectivity index (χ1v) is 10.2. The molecule has 1 aromatic rings. The fourth-order valence-corrected chi connectivity index (χ4v) is 3.46. The Bertz CT molecular complexity index is 828. The Balaban J connectivity index is 1.86. The van der Waals surface area contributed by atoms with Gasteiger partial charge in [0.25, 0.3) is 0 Å². The number of carbonyl (C=O) groups excluding carboxylic acids is 1. The summed E-state index contributed by atoms with van der Waals surface area (Å²) in [7, 11) is 1.61. The summed E-state index contributed by atoms with van der Waals surface area (Å²) in [5.74, 6) is 6.20. The maximum Gasteiger partial charge on any atom is 0.310 e. The Morgan fingerprint density at radius 3 is 2.55 bits per heavy atom. The van der Waals surface area contributed by atoms with E-state index in [1.165, 1.54) is 6.08 Å². The first-order chi connectivity index (χ1) is 13.8. The summed E-state index contributed by atoms with van der Waals surface area (Å²) < 4.78 is 22.9. The van der Waals surface area contributed by atoms with E-state index in [0.29, 0.717) is 30.9 Å². The zero-order valence-electron chi connectivity index (χ0n) is 16.8. The van der Waals surface area contributed by atoms with Crippen LogP contribution in [0.1, 0.15) is 38.7 Å². The molecule has 0 saturated heterocycles. The van der Waals surface area contributed by atoms with E-state index in [0.717, 1.165) is 11.3 Å². The van der Waals surface area contributed by atoms with Crippen LogP contribution in [0.5, 0.6) is 5.75 Å². The number of halogens is 3. The van der Waals surface area contributed by atoms with Gasteiger partial charge >= 0.3 is 5.97 Å². The Kier molecular flexibility index (Phi) is 8.61. The number of rotatable bonds is 8. The van der Waals surface area contributed by atoms with E-state index in [4.69, 9.17) is 32.7 Å². The summed E-state index contributed by atoms with van der Waals surface area (Å²) in [5.41, 5.74) is 0.607. The van der Waals surface area contributed by atoms with E-state index in [9.17, 15) is 9.18 Å². The number of unbranched alkanes of at least 4 members (excludes halogenated alkanes) is 2. The summed E-state index contributed by atoms with van der Waals surface area (Å²) in [4.78, 5) is 12.4. The second-order valence-corrected chi connectivity index (χ2v) is 8.24. The molecule has 0 aromatic heterocycles. The Morgan fingerprint density at radius 1 is 1.24 bits per heavy atom. The molecule has 0 amide bonds. The van der Waals surface area contributed by atoms with Crippen molar-refractivity contribution < 1.29 is 18.7 Å². The molecule has 0 spiro atoms. The van der Waals surface area contributed by atoms with Gasteiger partial charge < -0.3 is 9.47 Å². The number of hydrogen-bond donors (Lipinski definition) is 0. The predicted octanol–water partition coefficient (Wildman–Crippen LogP) is 6.20. The molecule has 1 saturated carbocycles.